The highest BCUT2D eigenvalue weighted by atomic mass is 16.3. The van der Waals surface area contributed by atoms with Gasteiger partial charge >= 0.3 is 0 Å². The normalized spacial score (nSPS) is 13.1. The largest absolute Gasteiger partial charge is 0.455 e. The summed E-state index contributed by atoms with van der Waals surface area (Å²) in [5, 5.41) is 4.65. The second-order valence-corrected chi connectivity index (χ2v) is 14.9. The zero-order valence-electron chi connectivity index (χ0n) is 30.1. The molecule has 1 aliphatic rings. The molecule has 0 atom stereocenters. The van der Waals surface area contributed by atoms with E-state index in [9.17, 15) is 0 Å². The predicted molar refractivity (Wildman–Crippen MR) is 226 cm³/mol. The number of aromatic nitrogens is 1. The maximum atomic E-state index is 6.98. The number of hydrogen-bond donors (Lipinski definition) is 0. The maximum absolute atomic E-state index is 6.98. The van der Waals surface area contributed by atoms with Crippen LogP contribution in [0, 0.1) is 0 Å². The van der Waals surface area contributed by atoms with Gasteiger partial charge in [0, 0.05) is 38.5 Å². The molecule has 54 heavy (non-hydrogen) atoms. The van der Waals surface area contributed by atoms with Gasteiger partial charge in [0.1, 0.15) is 11.2 Å². The van der Waals surface area contributed by atoms with Gasteiger partial charge in [-0.2, -0.15) is 0 Å². The molecule has 0 aliphatic heterocycles. The summed E-state index contributed by atoms with van der Waals surface area (Å²) in [5.74, 6) is 0. The van der Waals surface area contributed by atoms with Crippen molar-refractivity contribution < 1.29 is 4.42 Å². The Morgan fingerprint density at radius 1 is 0.519 bits per heavy atom. The van der Waals surface area contributed by atoms with Crippen LogP contribution in [-0.2, 0) is 5.41 Å². The average Bonchev–Trinajstić information content (AvgIpc) is 3.85. The fourth-order valence-electron chi connectivity index (χ4n) is 9.07. The van der Waals surface area contributed by atoms with Crippen LogP contribution in [0.4, 0.5) is 17.1 Å². The molecule has 0 saturated heterocycles. The van der Waals surface area contributed by atoms with E-state index in [4.69, 9.17) is 4.42 Å². The molecule has 0 unspecified atom stereocenters. The van der Waals surface area contributed by atoms with E-state index in [0.717, 1.165) is 50.2 Å². The first-order valence-electron chi connectivity index (χ1n) is 18.7. The molecule has 0 N–H and O–H groups in total. The summed E-state index contributed by atoms with van der Waals surface area (Å²) >= 11 is 0. The van der Waals surface area contributed by atoms with Crippen LogP contribution in [0.5, 0.6) is 0 Å². The van der Waals surface area contributed by atoms with Crippen molar-refractivity contribution in [3.8, 4) is 27.9 Å². The van der Waals surface area contributed by atoms with Crippen LogP contribution in [0.2, 0.25) is 0 Å². The van der Waals surface area contributed by atoms with Crippen LogP contribution in [-0.4, -0.2) is 4.57 Å². The average molecular weight is 693 g/mol. The van der Waals surface area contributed by atoms with Gasteiger partial charge in [0.25, 0.3) is 0 Å². The molecule has 0 saturated carbocycles. The SMILES string of the molecule is CC1(C)c2ccccc2-c2c1cc(N(c1ccc(-c3ccccc3)cc1)c1cccc3c4ccccc4n(-c4ccccc4)c13)c1c2oc2ccccc21. The van der Waals surface area contributed by atoms with Gasteiger partial charge in [-0.25, -0.2) is 0 Å². The summed E-state index contributed by atoms with van der Waals surface area (Å²) in [6.07, 6.45) is 0. The lowest BCUT2D eigenvalue weighted by molar-refractivity contribution is 0.653. The van der Waals surface area contributed by atoms with Gasteiger partial charge in [0.05, 0.1) is 27.8 Å². The highest BCUT2D eigenvalue weighted by molar-refractivity contribution is 6.21. The minimum absolute atomic E-state index is 0.235. The van der Waals surface area contributed by atoms with Gasteiger partial charge in [0.2, 0.25) is 0 Å². The van der Waals surface area contributed by atoms with E-state index < -0.39 is 0 Å². The van der Waals surface area contributed by atoms with Crippen molar-refractivity contribution in [2.45, 2.75) is 19.3 Å². The predicted octanol–water partition coefficient (Wildman–Crippen LogP) is 14.1. The summed E-state index contributed by atoms with van der Waals surface area (Å²) in [5.41, 5.74) is 15.7. The van der Waals surface area contributed by atoms with Crippen molar-refractivity contribution in [2.75, 3.05) is 4.90 Å². The van der Waals surface area contributed by atoms with Gasteiger partial charge in [-0.1, -0.05) is 147 Å². The van der Waals surface area contributed by atoms with Gasteiger partial charge in [-0.15, -0.1) is 0 Å². The molecule has 0 fully saturated rings. The molecule has 0 spiro atoms. The molecule has 0 bridgehead atoms. The molecule has 2 aromatic heterocycles. The molecule has 3 heteroatoms. The lowest BCUT2D eigenvalue weighted by Gasteiger charge is -2.30. The molecule has 256 valence electrons. The first-order chi connectivity index (χ1) is 26.6. The van der Waals surface area contributed by atoms with Crippen LogP contribution in [0.25, 0.3) is 71.7 Å². The molecule has 0 amide bonds. The summed E-state index contributed by atoms with van der Waals surface area (Å²) in [6, 6.07) is 65.8. The van der Waals surface area contributed by atoms with Crippen LogP contribution in [0.15, 0.2) is 186 Å². The maximum Gasteiger partial charge on any atom is 0.145 e. The van der Waals surface area contributed by atoms with Crippen molar-refractivity contribution in [1.82, 2.24) is 4.57 Å². The van der Waals surface area contributed by atoms with E-state index in [1.54, 1.807) is 0 Å². The molecule has 11 rings (SSSR count). The topological polar surface area (TPSA) is 21.3 Å². The van der Waals surface area contributed by atoms with Crippen LogP contribution >= 0.6 is 0 Å². The van der Waals surface area contributed by atoms with Crippen LogP contribution in [0.1, 0.15) is 25.0 Å². The Hall–Kier alpha value is -6.84. The molecule has 2 heterocycles. The zero-order valence-corrected chi connectivity index (χ0v) is 30.1. The van der Waals surface area contributed by atoms with Gasteiger partial charge < -0.3 is 13.9 Å². The van der Waals surface area contributed by atoms with E-state index in [1.807, 2.05) is 0 Å². The molecular formula is C51H36N2O. The Labute approximate surface area is 314 Å². The number of fused-ring (bicyclic) bond motifs is 10. The molecular weight excluding hydrogens is 657 g/mol. The highest BCUT2D eigenvalue weighted by Crippen LogP contribution is 2.56. The number of hydrogen-bond acceptors (Lipinski definition) is 2. The van der Waals surface area contributed by atoms with E-state index in [0.29, 0.717) is 0 Å². The lowest BCUT2D eigenvalue weighted by atomic mass is 9.82. The first-order valence-corrected chi connectivity index (χ1v) is 18.7. The standard InChI is InChI=1S/C51H36N2O/c1-51(2)41-24-12-9-21-39(41)47-42(51)32-45(48-40-22-11-14-27-46(40)54-50(47)48)52(36-30-28-34(29-31-36)33-16-5-3-6-17-33)44-26-15-23-38-37-20-10-13-25-43(37)53(49(38)44)35-18-7-4-8-19-35/h3-32H,1-2H3. The summed E-state index contributed by atoms with van der Waals surface area (Å²) in [6.45, 7) is 4.70. The van der Waals surface area contributed by atoms with Crippen molar-refractivity contribution in [3.63, 3.8) is 0 Å². The van der Waals surface area contributed by atoms with Crippen molar-refractivity contribution >= 4 is 60.8 Å². The number of furan rings is 1. The summed E-state index contributed by atoms with van der Waals surface area (Å²) in [4.78, 5) is 2.49. The Kier molecular flexibility index (Phi) is 6.60. The van der Waals surface area contributed by atoms with Crippen molar-refractivity contribution in [3.05, 3.63) is 193 Å². The number of nitrogens with zero attached hydrogens (tertiary/aromatic N) is 2. The molecule has 1 aliphatic carbocycles. The minimum Gasteiger partial charge on any atom is -0.455 e. The first kappa shape index (κ1) is 30.8. The monoisotopic (exact) mass is 692 g/mol. The Morgan fingerprint density at radius 2 is 1.17 bits per heavy atom. The fourth-order valence-corrected chi connectivity index (χ4v) is 9.07. The summed E-state index contributed by atoms with van der Waals surface area (Å²) < 4.78 is 9.42. The number of para-hydroxylation sites is 4. The van der Waals surface area contributed by atoms with E-state index in [2.05, 4.69) is 205 Å². The lowest BCUT2D eigenvalue weighted by Crippen LogP contribution is -2.17. The highest BCUT2D eigenvalue weighted by Gasteiger charge is 2.39. The second kappa shape index (κ2) is 11.6. The van der Waals surface area contributed by atoms with Gasteiger partial charge in [-0.3, -0.25) is 0 Å². The summed E-state index contributed by atoms with van der Waals surface area (Å²) in [7, 11) is 0. The van der Waals surface area contributed by atoms with E-state index in [1.165, 1.54) is 49.7 Å². The number of rotatable bonds is 5. The molecule has 3 nitrogen and oxygen atoms in total. The molecule has 8 aromatic carbocycles. The Bertz CT molecular complexity index is 3060. The number of anilines is 3. The van der Waals surface area contributed by atoms with Gasteiger partial charge in [0.15, 0.2) is 0 Å². The van der Waals surface area contributed by atoms with E-state index in [-0.39, 0.29) is 5.41 Å². The Balaban J connectivity index is 1.29. The number of benzene rings is 8. The quantitative estimate of drug-likeness (QED) is 0.179. The van der Waals surface area contributed by atoms with Crippen molar-refractivity contribution in [1.29, 1.82) is 0 Å². The van der Waals surface area contributed by atoms with Crippen LogP contribution in [0.3, 0.4) is 0 Å². The van der Waals surface area contributed by atoms with E-state index >= 15 is 0 Å². The third-order valence-corrected chi connectivity index (χ3v) is 11.6. The third-order valence-electron chi connectivity index (χ3n) is 11.6. The zero-order chi connectivity index (χ0) is 36.0. The van der Waals surface area contributed by atoms with Gasteiger partial charge in [-0.05, 0) is 76.3 Å². The third kappa shape index (κ3) is 4.36. The van der Waals surface area contributed by atoms with Crippen molar-refractivity contribution in [2.24, 2.45) is 0 Å². The fraction of sp³-hybridized carbons (Fsp3) is 0.0588. The molecule has 0 radical (unpaired) electrons. The molecule has 10 aromatic rings. The minimum atomic E-state index is -0.235. The Morgan fingerprint density at radius 3 is 1.98 bits per heavy atom. The second-order valence-electron chi connectivity index (χ2n) is 14.9. The van der Waals surface area contributed by atoms with Crippen LogP contribution < -0.4 is 4.90 Å². The smallest absolute Gasteiger partial charge is 0.145 e.